The Hall–Kier alpha value is -4.49. The van der Waals surface area contributed by atoms with Crippen LogP contribution >= 0.6 is 0 Å². The molecule has 236 valence electrons. The van der Waals surface area contributed by atoms with Gasteiger partial charge in [0.2, 0.25) is 0 Å². The largest absolute Gasteiger partial charge is 0.494 e. The van der Waals surface area contributed by atoms with Crippen LogP contribution in [-0.2, 0) is 42.9 Å². The van der Waals surface area contributed by atoms with Gasteiger partial charge in [0.15, 0.2) is 24.5 Å². The van der Waals surface area contributed by atoms with Gasteiger partial charge >= 0.3 is 23.9 Å². The maximum absolute atomic E-state index is 15.5. The highest BCUT2D eigenvalue weighted by Gasteiger charge is 2.53. The van der Waals surface area contributed by atoms with Gasteiger partial charge in [-0.25, -0.2) is 4.39 Å². The van der Waals surface area contributed by atoms with Crippen LogP contribution < -0.4 is 4.74 Å². The zero-order chi connectivity index (χ0) is 32.1. The van der Waals surface area contributed by atoms with Gasteiger partial charge in [-0.1, -0.05) is 18.2 Å². The summed E-state index contributed by atoms with van der Waals surface area (Å²) < 4.78 is 50.4. The number of hydrogen-bond acceptors (Lipinski definition) is 11. The number of halogens is 1. The number of carbonyl (C=O) groups excluding carboxylic acids is 4. The standard InChI is InChI=1S/C31H34FNO11/c1-6-39-21-12-10-20(11-13-21)27(38)22-14-33(24-9-7-8-23(32)26(22)24)31-30(43-19(5)37)29(42-18(4)36)28(41-17(3)35)25(44-31)15-40-16(2)34/h7-14,25,27-31,38H,6,15H2,1-5H3/t25-,27?,28-,29+,30-,31-/m1/s1. The molecule has 1 saturated heterocycles. The van der Waals surface area contributed by atoms with Crippen LogP contribution in [0.25, 0.3) is 10.9 Å². The van der Waals surface area contributed by atoms with Crippen molar-refractivity contribution in [3.8, 4) is 5.75 Å². The van der Waals surface area contributed by atoms with E-state index < -0.39 is 73.0 Å². The molecule has 0 bridgehead atoms. The van der Waals surface area contributed by atoms with Gasteiger partial charge in [-0.2, -0.15) is 0 Å². The van der Waals surface area contributed by atoms with Gasteiger partial charge < -0.3 is 38.1 Å². The fourth-order valence-corrected chi connectivity index (χ4v) is 5.24. The Morgan fingerprint density at radius 2 is 1.50 bits per heavy atom. The molecule has 4 rings (SSSR count). The zero-order valence-corrected chi connectivity index (χ0v) is 24.9. The van der Waals surface area contributed by atoms with Crippen LogP contribution in [0, 0.1) is 5.82 Å². The van der Waals surface area contributed by atoms with Crippen molar-refractivity contribution in [1.29, 1.82) is 0 Å². The molecule has 1 unspecified atom stereocenters. The number of rotatable bonds is 10. The summed E-state index contributed by atoms with van der Waals surface area (Å²) in [4.78, 5) is 48.3. The zero-order valence-electron chi connectivity index (χ0n) is 24.9. The minimum absolute atomic E-state index is 0.0572. The van der Waals surface area contributed by atoms with E-state index in [9.17, 15) is 24.3 Å². The monoisotopic (exact) mass is 615 g/mol. The molecule has 6 atom stereocenters. The molecule has 0 spiro atoms. The fourth-order valence-electron chi connectivity index (χ4n) is 5.24. The van der Waals surface area contributed by atoms with Crippen LogP contribution in [0.1, 0.15) is 58.1 Å². The molecule has 2 heterocycles. The molecule has 12 nitrogen and oxygen atoms in total. The second-order valence-electron chi connectivity index (χ2n) is 10.1. The summed E-state index contributed by atoms with van der Waals surface area (Å²) in [6.45, 7) is 6.41. The first-order valence-electron chi connectivity index (χ1n) is 13.9. The maximum atomic E-state index is 15.5. The minimum Gasteiger partial charge on any atom is -0.494 e. The molecule has 2 aromatic carbocycles. The van der Waals surface area contributed by atoms with Crippen molar-refractivity contribution < 1.29 is 57.1 Å². The summed E-state index contributed by atoms with van der Waals surface area (Å²) in [5, 5.41) is 11.5. The molecular formula is C31H34FNO11. The van der Waals surface area contributed by atoms with E-state index in [0.717, 1.165) is 20.8 Å². The molecule has 1 aliphatic heterocycles. The molecule has 44 heavy (non-hydrogen) atoms. The SMILES string of the molecule is CCOc1ccc(C(O)c2cn([C@@H]3O[C@H](COC(C)=O)[C@@H](OC(C)=O)[C@H](OC(C)=O)[C@H]3OC(C)=O)c3cccc(F)c23)cc1. The van der Waals surface area contributed by atoms with E-state index in [1.54, 1.807) is 30.3 Å². The first-order valence-corrected chi connectivity index (χ1v) is 13.9. The summed E-state index contributed by atoms with van der Waals surface area (Å²) in [6.07, 6.45) is -6.62. The average Bonchev–Trinajstić information content (AvgIpc) is 3.34. The van der Waals surface area contributed by atoms with E-state index in [2.05, 4.69) is 0 Å². The number of hydrogen-bond donors (Lipinski definition) is 1. The Morgan fingerprint density at radius 1 is 0.886 bits per heavy atom. The third-order valence-corrected chi connectivity index (χ3v) is 6.88. The lowest BCUT2D eigenvalue weighted by atomic mass is 9.97. The lowest BCUT2D eigenvalue weighted by Gasteiger charge is -2.44. The molecule has 0 amide bonds. The van der Waals surface area contributed by atoms with Crippen molar-refractivity contribution >= 4 is 34.8 Å². The van der Waals surface area contributed by atoms with E-state index in [0.29, 0.717) is 17.9 Å². The van der Waals surface area contributed by atoms with Crippen LogP contribution in [0.4, 0.5) is 4.39 Å². The molecule has 0 saturated carbocycles. The molecule has 0 aliphatic carbocycles. The lowest BCUT2D eigenvalue weighted by Crippen LogP contribution is -2.60. The van der Waals surface area contributed by atoms with E-state index in [-0.39, 0.29) is 16.5 Å². The van der Waals surface area contributed by atoms with Gasteiger partial charge in [-0.3, -0.25) is 19.2 Å². The second kappa shape index (κ2) is 13.9. The van der Waals surface area contributed by atoms with Gasteiger partial charge in [0.25, 0.3) is 0 Å². The van der Waals surface area contributed by atoms with Crippen molar-refractivity contribution in [2.75, 3.05) is 13.2 Å². The van der Waals surface area contributed by atoms with E-state index in [1.807, 2.05) is 6.92 Å². The Balaban J connectivity index is 1.88. The number of carbonyl (C=O) groups is 4. The highest BCUT2D eigenvalue weighted by Crippen LogP contribution is 2.40. The summed E-state index contributed by atoms with van der Waals surface area (Å²) >= 11 is 0. The highest BCUT2D eigenvalue weighted by molar-refractivity contribution is 5.85. The van der Waals surface area contributed by atoms with Crippen molar-refractivity contribution in [2.24, 2.45) is 0 Å². The van der Waals surface area contributed by atoms with Crippen molar-refractivity contribution in [3.05, 3.63) is 65.6 Å². The number of nitrogens with zero attached hydrogens (tertiary/aromatic N) is 1. The third-order valence-electron chi connectivity index (χ3n) is 6.88. The number of fused-ring (bicyclic) bond motifs is 1. The van der Waals surface area contributed by atoms with Gasteiger partial charge in [0.05, 0.1) is 12.1 Å². The molecule has 1 N–H and O–H groups in total. The summed E-state index contributed by atoms with van der Waals surface area (Å²) in [5.74, 6) is -3.05. The summed E-state index contributed by atoms with van der Waals surface area (Å²) in [6, 6.07) is 10.9. The second-order valence-corrected chi connectivity index (χ2v) is 10.1. The number of aliphatic hydroxyl groups excluding tert-OH is 1. The fraction of sp³-hybridized carbons (Fsp3) is 0.419. The van der Waals surface area contributed by atoms with E-state index in [4.69, 9.17) is 28.4 Å². The van der Waals surface area contributed by atoms with Crippen molar-refractivity contribution in [3.63, 3.8) is 0 Å². The molecular weight excluding hydrogens is 581 g/mol. The van der Waals surface area contributed by atoms with Gasteiger partial charge in [0.1, 0.15) is 30.4 Å². The van der Waals surface area contributed by atoms with Crippen molar-refractivity contribution in [2.45, 2.75) is 71.4 Å². The average molecular weight is 616 g/mol. The third kappa shape index (κ3) is 7.17. The van der Waals surface area contributed by atoms with Gasteiger partial charge in [-0.05, 0) is 36.8 Å². The number of aliphatic hydroxyl groups is 1. The van der Waals surface area contributed by atoms with Gasteiger partial charge in [0, 0.05) is 44.8 Å². The Morgan fingerprint density at radius 3 is 2.09 bits per heavy atom. The Bertz CT molecular complexity index is 1520. The molecule has 13 heteroatoms. The number of benzene rings is 2. The smallest absolute Gasteiger partial charge is 0.303 e. The maximum Gasteiger partial charge on any atom is 0.303 e. The minimum atomic E-state index is -1.43. The van der Waals surface area contributed by atoms with Crippen LogP contribution in [0.2, 0.25) is 0 Å². The lowest BCUT2D eigenvalue weighted by molar-refractivity contribution is -0.267. The molecule has 1 fully saturated rings. The predicted molar refractivity (Wildman–Crippen MR) is 151 cm³/mol. The highest BCUT2D eigenvalue weighted by atomic mass is 19.1. The molecule has 0 radical (unpaired) electrons. The molecule has 1 aliphatic rings. The molecule has 3 aromatic rings. The number of ether oxygens (including phenoxy) is 6. The van der Waals surface area contributed by atoms with Crippen LogP contribution in [-0.4, -0.2) is 71.2 Å². The Labute approximate surface area is 252 Å². The van der Waals surface area contributed by atoms with Crippen molar-refractivity contribution in [1.82, 2.24) is 4.57 Å². The van der Waals surface area contributed by atoms with Crippen LogP contribution in [0.15, 0.2) is 48.7 Å². The number of esters is 4. The summed E-state index contributed by atoms with van der Waals surface area (Å²) in [7, 11) is 0. The van der Waals surface area contributed by atoms with Crippen LogP contribution in [0.5, 0.6) is 5.75 Å². The first kappa shape index (κ1) is 32.4. The number of aromatic nitrogens is 1. The molecule has 1 aromatic heterocycles. The van der Waals surface area contributed by atoms with Crippen LogP contribution in [0.3, 0.4) is 0 Å². The van der Waals surface area contributed by atoms with Gasteiger partial charge in [-0.15, -0.1) is 0 Å². The van der Waals surface area contributed by atoms with E-state index >= 15 is 4.39 Å². The summed E-state index contributed by atoms with van der Waals surface area (Å²) in [5.41, 5.74) is 0.846. The Kier molecular flexibility index (Phi) is 10.2. The predicted octanol–water partition coefficient (Wildman–Crippen LogP) is 3.52. The van der Waals surface area contributed by atoms with E-state index in [1.165, 1.54) is 29.8 Å². The topological polar surface area (TPSA) is 149 Å². The normalized spacial score (nSPS) is 22.1. The quantitative estimate of drug-likeness (QED) is 0.264. The first-order chi connectivity index (χ1) is 20.9.